The van der Waals surface area contributed by atoms with Crippen molar-refractivity contribution < 1.29 is 13.2 Å². The van der Waals surface area contributed by atoms with Gasteiger partial charge in [-0.3, -0.25) is 4.79 Å². The Morgan fingerprint density at radius 2 is 1.71 bits per heavy atom. The standard InChI is InChI=1S/C24H24ClNO3S2/c1-24(2,3)18-6-9-20(10-7-18)31(28,29)15-17-5-8-19(25)14-21(17)23(27)16-11-12-26-22(13-16)30-4/h5-14H,15H2,1-4H3. The summed E-state index contributed by atoms with van der Waals surface area (Å²) in [4.78, 5) is 17.6. The van der Waals surface area contributed by atoms with E-state index in [1.807, 2.05) is 18.4 Å². The number of benzene rings is 2. The van der Waals surface area contributed by atoms with Crippen molar-refractivity contribution in [1.29, 1.82) is 0 Å². The second-order valence-electron chi connectivity index (χ2n) is 8.25. The van der Waals surface area contributed by atoms with Crippen LogP contribution in [0.1, 0.15) is 47.8 Å². The molecule has 0 aliphatic carbocycles. The molecule has 0 fully saturated rings. The molecule has 3 aromatic rings. The van der Waals surface area contributed by atoms with Crippen molar-refractivity contribution in [3.8, 4) is 0 Å². The molecule has 0 N–H and O–H groups in total. The fourth-order valence-electron chi connectivity index (χ4n) is 3.15. The van der Waals surface area contributed by atoms with E-state index in [0.717, 1.165) is 5.56 Å². The third kappa shape index (κ3) is 5.56. The van der Waals surface area contributed by atoms with Gasteiger partial charge in [-0.05, 0) is 59.2 Å². The molecule has 1 aromatic heterocycles. The summed E-state index contributed by atoms with van der Waals surface area (Å²) in [5.74, 6) is -0.575. The van der Waals surface area contributed by atoms with E-state index in [2.05, 4.69) is 25.8 Å². The molecule has 2 aromatic carbocycles. The van der Waals surface area contributed by atoms with Gasteiger partial charge >= 0.3 is 0 Å². The highest BCUT2D eigenvalue weighted by molar-refractivity contribution is 7.98. The van der Waals surface area contributed by atoms with Crippen LogP contribution >= 0.6 is 23.4 Å². The smallest absolute Gasteiger partial charge is 0.193 e. The maximum absolute atomic E-state index is 13.2. The van der Waals surface area contributed by atoms with Crippen LogP contribution in [0.5, 0.6) is 0 Å². The van der Waals surface area contributed by atoms with E-state index in [4.69, 9.17) is 11.6 Å². The van der Waals surface area contributed by atoms with Crippen LogP contribution in [0.3, 0.4) is 0 Å². The Morgan fingerprint density at radius 1 is 1.03 bits per heavy atom. The van der Waals surface area contributed by atoms with Crippen molar-refractivity contribution in [2.45, 2.75) is 41.9 Å². The Morgan fingerprint density at radius 3 is 2.32 bits per heavy atom. The highest BCUT2D eigenvalue weighted by atomic mass is 35.5. The minimum absolute atomic E-state index is 0.0712. The number of rotatable bonds is 6. The number of nitrogens with zero attached hydrogens (tertiary/aromatic N) is 1. The molecule has 0 aliphatic rings. The van der Waals surface area contributed by atoms with Crippen molar-refractivity contribution in [3.63, 3.8) is 0 Å². The molecule has 162 valence electrons. The molecule has 0 unspecified atom stereocenters. The van der Waals surface area contributed by atoms with E-state index >= 15 is 0 Å². The quantitative estimate of drug-likeness (QED) is 0.326. The van der Waals surface area contributed by atoms with Gasteiger partial charge in [-0.25, -0.2) is 13.4 Å². The summed E-state index contributed by atoms with van der Waals surface area (Å²) in [6.07, 6.45) is 3.44. The summed E-state index contributed by atoms with van der Waals surface area (Å²) in [6, 6.07) is 15.0. The van der Waals surface area contributed by atoms with E-state index in [1.54, 1.807) is 42.6 Å². The number of carbonyl (C=O) groups excluding carboxylic acids is 1. The lowest BCUT2D eigenvalue weighted by molar-refractivity contribution is 0.103. The molecule has 0 spiro atoms. The van der Waals surface area contributed by atoms with Gasteiger partial charge in [0, 0.05) is 22.3 Å². The molecule has 0 atom stereocenters. The topological polar surface area (TPSA) is 64.1 Å². The van der Waals surface area contributed by atoms with E-state index in [-0.39, 0.29) is 27.4 Å². The minimum atomic E-state index is -3.65. The van der Waals surface area contributed by atoms with Crippen molar-refractivity contribution >= 4 is 39.0 Å². The molecule has 4 nitrogen and oxygen atoms in total. The van der Waals surface area contributed by atoms with Gasteiger partial charge in [0.1, 0.15) is 0 Å². The predicted molar refractivity (Wildman–Crippen MR) is 127 cm³/mol. The van der Waals surface area contributed by atoms with Crippen LogP contribution < -0.4 is 0 Å². The maximum atomic E-state index is 13.2. The summed E-state index contributed by atoms with van der Waals surface area (Å²) < 4.78 is 26.2. The SMILES string of the molecule is CSc1cc(C(=O)c2cc(Cl)ccc2CS(=O)(=O)c2ccc(C(C)(C)C)cc2)ccn1. The van der Waals surface area contributed by atoms with Gasteiger partial charge in [-0.2, -0.15) is 0 Å². The summed E-state index contributed by atoms with van der Waals surface area (Å²) in [5, 5.41) is 1.08. The first-order valence-corrected chi connectivity index (χ1v) is 12.9. The average molecular weight is 474 g/mol. The van der Waals surface area contributed by atoms with Crippen LogP contribution in [0.4, 0.5) is 0 Å². The minimum Gasteiger partial charge on any atom is -0.289 e. The van der Waals surface area contributed by atoms with Crippen molar-refractivity contribution in [2.75, 3.05) is 6.26 Å². The Kier molecular flexibility index (Phi) is 6.94. The van der Waals surface area contributed by atoms with Crippen LogP contribution in [-0.2, 0) is 21.0 Å². The molecular formula is C24H24ClNO3S2. The first-order chi connectivity index (χ1) is 14.5. The van der Waals surface area contributed by atoms with Gasteiger partial charge in [-0.1, -0.05) is 50.6 Å². The number of hydrogen-bond donors (Lipinski definition) is 0. The zero-order valence-corrected chi connectivity index (χ0v) is 20.2. The molecular weight excluding hydrogens is 450 g/mol. The monoisotopic (exact) mass is 473 g/mol. The zero-order chi connectivity index (χ0) is 22.8. The van der Waals surface area contributed by atoms with E-state index in [0.29, 0.717) is 21.2 Å². The van der Waals surface area contributed by atoms with E-state index < -0.39 is 9.84 Å². The lowest BCUT2D eigenvalue weighted by Crippen LogP contribution is -2.13. The van der Waals surface area contributed by atoms with Crippen LogP contribution in [0.2, 0.25) is 5.02 Å². The number of sulfone groups is 1. The van der Waals surface area contributed by atoms with E-state index in [1.165, 1.54) is 17.8 Å². The van der Waals surface area contributed by atoms with Crippen molar-refractivity contribution in [1.82, 2.24) is 4.98 Å². The third-order valence-electron chi connectivity index (χ3n) is 4.95. The zero-order valence-electron chi connectivity index (χ0n) is 17.8. The normalized spacial score (nSPS) is 12.0. The third-order valence-corrected chi connectivity index (χ3v) is 7.51. The second kappa shape index (κ2) is 9.15. The molecule has 0 aliphatic heterocycles. The molecule has 31 heavy (non-hydrogen) atoms. The number of ketones is 1. The largest absolute Gasteiger partial charge is 0.289 e. The molecule has 0 saturated heterocycles. The Hall–Kier alpha value is -2.15. The number of hydrogen-bond acceptors (Lipinski definition) is 5. The van der Waals surface area contributed by atoms with Gasteiger partial charge in [0.05, 0.1) is 15.7 Å². The number of aromatic nitrogens is 1. The van der Waals surface area contributed by atoms with Crippen molar-refractivity contribution in [2.24, 2.45) is 0 Å². The first-order valence-electron chi connectivity index (χ1n) is 9.68. The number of halogens is 1. The molecule has 7 heteroatoms. The predicted octanol–water partition coefficient (Wildman–Crippen LogP) is 5.96. The Balaban J connectivity index is 1.97. The summed E-state index contributed by atoms with van der Waals surface area (Å²) in [5.41, 5.74) is 2.11. The van der Waals surface area contributed by atoms with Crippen LogP contribution in [-0.4, -0.2) is 25.4 Å². The number of thioether (sulfide) groups is 1. The van der Waals surface area contributed by atoms with Crippen LogP contribution in [0.15, 0.2) is 70.7 Å². The van der Waals surface area contributed by atoms with E-state index in [9.17, 15) is 13.2 Å². The average Bonchev–Trinajstić information content (AvgIpc) is 2.74. The van der Waals surface area contributed by atoms with Gasteiger partial charge < -0.3 is 0 Å². The molecule has 0 radical (unpaired) electrons. The molecule has 0 saturated carbocycles. The first kappa shape index (κ1) is 23.5. The van der Waals surface area contributed by atoms with Crippen LogP contribution in [0, 0.1) is 0 Å². The highest BCUT2D eigenvalue weighted by Crippen LogP contribution is 2.27. The fraction of sp³-hybridized carbons (Fsp3) is 0.250. The Bertz CT molecular complexity index is 1210. The van der Waals surface area contributed by atoms with Gasteiger partial charge in [0.15, 0.2) is 15.6 Å². The van der Waals surface area contributed by atoms with Crippen molar-refractivity contribution in [3.05, 3.63) is 88.1 Å². The number of pyridine rings is 1. The second-order valence-corrected chi connectivity index (χ2v) is 11.5. The lowest BCUT2D eigenvalue weighted by Gasteiger charge is -2.19. The molecule has 3 rings (SSSR count). The fourth-order valence-corrected chi connectivity index (χ4v) is 5.12. The molecule has 0 bridgehead atoms. The maximum Gasteiger partial charge on any atom is 0.193 e. The number of carbonyl (C=O) groups is 1. The lowest BCUT2D eigenvalue weighted by atomic mass is 9.87. The molecule has 0 amide bonds. The molecule has 1 heterocycles. The van der Waals surface area contributed by atoms with Gasteiger partial charge in [-0.15, -0.1) is 11.8 Å². The highest BCUT2D eigenvalue weighted by Gasteiger charge is 2.22. The summed E-state index contributed by atoms with van der Waals surface area (Å²) in [6.45, 7) is 6.22. The van der Waals surface area contributed by atoms with Gasteiger partial charge in [0.25, 0.3) is 0 Å². The Labute approximate surface area is 193 Å². The van der Waals surface area contributed by atoms with Crippen LogP contribution in [0.25, 0.3) is 0 Å². The van der Waals surface area contributed by atoms with Gasteiger partial charge in [0.2, 0.25) is 0 Å². The summed E-state index contributed by atoms with van der Waals surface area (Å²) >= 11 is 7.56. The summed E-state index contributed by atoms with van der Waals surface area (Å²) in [7, 11) is -3.65.